The molecule has 0 N–H and O–H groups in total. The summed E-state index contributed by atoms with van der Waals surface area (Å²) in [6, 6.07) is 3.95. The van der Waals surface area contributed by atoms with Crippen LogP contribution in [0.25, 0.3) is 11.4 Å². The van der Waals surface area contributed by atoms with Crippen molar-refractivity contribution < 1.29 is 0 Å². The minimum Gasteiger partial charge on any atom is -0.350 e. The summed E-state index contributed by atoms with van der Waals surface area (Å²) in [5.74, 6) is 1.85. The molecule has 5 rings (SSSR count). The molecule has 1 aliphatic heterocycles. The molecule has 2 aliphatic rings. The first-order valence-electron chi connectivity index (χ1n) is 8.71. The lowest BCUT2D eigenvalue weighted by Gasteiger charge is -2.30. The number of hydrogen-bond acceptors (Lipinski definition) is 6. The number of fused-ring (bicyclic) bond motifs is 2. The number of nitrogens with zero attached hydrogens (tertiary/aromatic N) is 6. The number of aryl methyl sites for hydroxylation is 1. The molecule has 0 saturated carbocycles. The van der Waals surface area contributed by atoms with Crippen molar-refractivity contribution in [1.82, 2.24) is 24.9 Å². The molecule has 0 spiro atoms. The summed E-state index contributed by atoms with van der Waals surface area (Å²) in [6.45, 7) is 1.73. The summed E-state index contributed by atoms with van der Waals surface area (Å²) in [5, 5.41) is 0. The van der Waals surface area contributed by atoms with Gasteiger partial charge in [0.15, 0.2) is 5.82 Å². The summed E-state index contributed by atoms with van der Waals surface area (Å²) < 4.78 is 0. The number of rotatable bonds is 2. The Hall–Kier alpha value is -2.89. The Morgan fingerprint density at radius 2 is 1.96 bits per heavy atom. The minimum atomic E-state index is 0.775. The van der Waals surface area contributed by atoms with E-state index in [2.05, 4.69) is 19.9 Å². The highest BCUT2D eigenvalue weighted by Gasteiger charge is 2.26. The molecule has 124 valence electrons. The summed E-state index contributed by atoms with van der Waals surface area (Å²) in [6.07, 6.45) is 11.4. The predicted octanol–water partition coefficient (Wildman–Crippen LogP) is 2.38. The van der Waals surface area contributed by atoms with Crippen molar-refractivity contribution in [3.05, 3.63) is 59.6 Å². The molecule has 0 atom stereocenters. The molecule has 25 heavy (non-hydrogen) atoms. The van der Waals surface area contributed by atoms with E-state index in [0.29, 0.717) is 0 Å². The van der Waals surface area contributed by atoms with E-state index in [0.717, 1.165) is 61.7 Å². The molecule has 0 bridgehead atoms. The standard InChI is InChI=1S/C19H18N6/c1-4-15-16(5-1)23-18(14-3-2-7-20-10-14)24-19(15)25-8-6-13-9-21-12-22-17(13)11-25/h2-3,7,9-10,12H,1,4-6,8,11H2. The second-order valence-electron chi connectivity index (χ2n) is 6.56. The molecule has 0 fully saturated rings. The smallest absolute Gasteiger partial charge is 0.163 e. The molecule has 3 aromatic rings. The fourth-order valence-electron chi connectivity index (χ4n) is 3.73. The molecule has 0 aromatic carbocycles. The first-order valence-corrected chi connectivity index (χ1v) is 8.71. The second-order valence-corrected chi connectivity index (χ2v) is 6.56. The van der Waals surface area contributed by atoms with Crippen molar-refractivity contribution in [1.29, 1.82) is 0 Å². The van der Waals surface area contributed by atoms with Crippen LogP contribution in [0.3, 0.4) is 0 Å². The van der Waals surface area contributed by atoms with Gasteiger partial charge in [-0.25, -0.2) is 19.9 Å². The quantitative estimate of drug-likeness (QED) is 0.719. The maximum atomic E-state index is 4.94. The first-order chi connectivity index (χ1) is 12.4. The Balaban J connectivity index is 1.58. The van der Waals surface area contributed by atoms with Gasteiger partial charge in [-0.2, -0.15) is 0 Å². The van der Waals surface area contributed by atoms with Gasteiger partial charge in [-0.3, -0.25) is 4.98 Å². The van der Waals surface area contributed by atoms with Crippen LogP contribution in [0.2, 0.25) is 0 Å². The van der Waals surface area contributed by atoms with Crippen LogP contribution in [0.15, 0.2) is 37.1 Å². The maximum absolute atomic E-state index is 4.94. The third kappa shape index (κ3) is 2.54. The lowest BCUT2D eigenvalue weighted by molar-refractivity contribution is 0.689. The van der Waals surface area contributed by atoms with Crippen LogP contribution in [-0.4, -0.2) is 31.5 Å². The molecule has 4 heterocycles. The number of anilines is 1. The molecule has 1 aliphatic carbocycles. The van der Waals surface area contributed by atoms with Crippen LogP contribution in [-0.2, 0) is 25.8 Å². The predicted molar refractivity (Wildman–Crippen MR) is 94.1 cm³/mol. The zero-order valence-electron chi connectivity index (χ0n) is 13.9. The van der Waals surface area contributed by atoms with Gasteiger partial charge >= 0.3 is 0 Å². The van der Waals surface area contributed by atoms with Crippen LogP contribution >= 0.6 is 0 Å². The summed E-state index contributed by atoms with van der Waals surface area (Å²) >= 11 is 0. The topological polar surface area (TPSA) is 67.7 Å². The number of hydrogen-bond donors (Lipinski definition) is 0. The van der Waals surface area contributed by atoms with Gasteiger partial charge in [-0.15, -0.1) is 0 Å². The minimum absolute atomic E-state index is 0.775. The Labute approximate surface area is 146 Å². The van der Waals surface area contributed by atoms with Gasteiger partial charge in [-0.05, 0) is 43.4 Å². The van der Waals surface area contributed by atoms with E-state index in [1.165, 1.54) is 16.8 Å². The Morgan fingerprint density at radius 1 is 0.960 bits per heavy atom. The van der Waals surface area contributed by atoms with E-state index in [1.807, 2.05) is 24.5 Å². The molecule has 0 saturated heterocycles. The molecular weight excluding hydrogens is 312 g/mol. The average molecular weight is 330 g/mol. The van der Waals surface area contributed by atoms with E-state index in [-0.39, 0.29) is 0 Å². The largest absolute Gasteiger partial charge is 0.350 e. The first kappa shape index (κ1) is 14.5. The van der Waals surface area contributed by atoms with E-state index in [9.17, 15) is 0 Å². The van der Waals surface area contributed by atoms with E-state index in [4.69, 9.17) is 9.97 Å². The monoisotopic (exact) mass is 330 g/mol. The maximum Gasteiger partial charge on any atom is 0.163 e. The highest BCUT2D eigenvalue weighted by Crippen LogP contribution is 2.33. The van der Waals surface area contributed by atoms with Crippen molar-refractivity contribution in [3.63, 3.8) is 0 Å². The normalized spacial score (nSPS) is 15.8. The van der Waals surface area contributed by atoms with Gasteiger partial charge in [0.1, 0.15) is 12.1 Å². The highest BCUT2D eigenvalue weighted by molar-refractivity contribution is 5.61. The molecule has 0 amide bonds. The van der Waals surface area contributed by atoms with Crippen LogP contribution < -0.4 is 4.90 Å². The van der Waals surface area contributed by atoms with Gasteiger partial charge in [0.2, 0.25) is 0 Å². The third-order valence-electron chi connectivity index (χ3n) is 5.00. The fourth-order valence-corrected chi connectivity index (χ4v) is 3.73. The van der Waals surface area contributed by atoms with Crippen LogP contribution in [0.1, 0.15) is 28.9 Å². The van der Waals surface area contributed by atoms with Crippen LogP contribution in [0, 0.1) is 0 Å². The highest BCUT2D eigenvalue weighted by atomic mass is 15.2. The molecule has 3 aromatic heterocycles. The van der Waals surface area contributed by atoms with Gasteiger partial charge in [-0.1, -0.05) is 0 Å². The SMILES string of the molecule is c1cncc(-c2nc3c(c(N4CCc5cncnc5C4)n2)CCC3)c1. The van der Waals surface area contributed by atoms with Gasteiger partial charge < -0.3 is 4.90 Å². The van der Waals surface area contributed by atoms with Gasteiger partial charge in [0.05, 0.1) is 12.2 Å². The summed E-state index contributed by atoms with van der Waals surface area (Å²) in [5.41, 5.74) is 5.83. The van der Waals surface area contributed by atoms with Crippen molar-refractivity contribution >= 4 is 5.82 Å². The summed E-state index contributed by atoms with van der Waals surface area (Å²) in [7, 11) is 0. The molecular formula is C19H18N6. The van der Waals surface area contributed by atoms with Crippen LogP contribution in [0.5, 0.6) is 0 Å². The van der Waals surface area contributed by atoms with Gasteiger partial charge in [0, 0.05) is 42.0 Å². The Kier molecular flexibility index (Phi) is 3.40. The zero-order chi connectivity index (χ0) is 16.6. The van der Waals surface area contributed by atoms with Crippen LogP contribution in [0.4, 0.5) is 5.82 Å². The van der Waals surface area contributed by atoms with Crippen molar-refractivity contribution in [2.45, 2.75) is 32.2 Å². The van der Waals surface area contributed by atoms with E-state index >= 15 is 0 Å². The number of pyridine rings is 1. The molecule has 6 nitrogen and oxygen atoms in total. The average Bonchev–Trinajstić information content (AvgIpc) is 3.16. The zero-order valence-corrected chi connectivity index (χ0v) is 13.9. The molecule has 6 heteroatoms. The number of aromatic nitrogens is 5. The molecule has 0 radical (unpaired) electrons. The van der Waals surface area contributed by atoms with Crippen molar-refractivity contribution in [3.8, 4) is 11.4 Å². The Morgan fingerprint density at radius 3 is 2.88 bits per heavy atom. The second kappa shape index (κ2) is 5.88. The third-order valence-corrected chi connectivity index (χ3v) is 5.00. The lowest BCUT2D eigenvalue weighted by Crippen LogP contribution is -2.33. The Bertz CT molecular complexity index is 924. The van der Waals surface area contributed by atoms with E-state index in [1.54, 1.807) is 12.5 Å². The van der Waals surface area contributed by atoms with Crippen molar-refractivity contribution in [2.24, 2.45) is 0 Å². The summed E-state index contributed by atoms with van der Waals surface area (Å²) in [4.78, 5) is 24.9. The fraction of sp³-hybridized carbons (Fsp3) is 0.316. The van der Waals surface area contributed by atoms with E-state index < -0.39 is 0 Å². The van der Waals surface area contributed by atoms with Gasteiger partial charge in [0.25, 0.3) is 0 Å². The lowest BCUT2D eigenvalue weighted by atomic mass is 10.1. The molecule has 0 unspecified atom stereocenters. The van der Waals surface area contributed by atoms with Crippen molar-refractivity contribution in [2.75, 3.05) is 11.4 Å².